The van der Waals surface area contributed by atoms with Crippen LogP contribution in [0.5, 0.6) is 11.5 Å². The van der Waals surface area contributed by atoms with E-state index in [-0.39, 0.29) is 16.4 Å². The lowest BCUT2D eigenvalue weighted by molar-refractivity contribution is -0.139. The average molecular weight is 398 g/mol. The molecule has 0 fully saturated rings. The van der Waals surface area contributed by atoms with Crippen molar-refractivity contribution < 1.29 is 24.2 Å². The van der Waals surface area contributed by atoms with Crippen LogP contribution >= 0.6 is 11.8 Å². The van der Waals surface area contributed by atoms with Gasteiger partial charge in [0, 0.05) is 17.4 Å². The number of rotatable bonds is 8. The Balaban J connectivity index is 1.73. The fraction of sp³-hybridized carbons (Fsp3) is 0.143. The Kier molecular flexibility index (Phi) is 6.39. The van der Waals surface area contributed by atoms with Crippen LogP contribution in [0.15, 0.2) is 74.8 Å². The second-order valence-electron chi connectivity index (χ2n) is 5.91. The zero-order valence-electron chi connectivity index (χ0n) is 14.8. The Labute approximate surface area is 165 Å². The molecule has 0 spiro atoms. The molecule has 2 aromatic carbocycles. The van der Waals surface area contributed by atoms with Crippen LogP contribution in [0.25, 0.3) is 11.3 Å². The monoisotopic (exact) mass is 398 g/mol. The number of aromatic hydroxyl groups is 1. The summed E-state index contributed by atoms with van der Waals surface area (Å²) in [6.07, 6.45) is 0.759. The summed E-state index contributed by atoms with van der Waals surface area (Å²) in [5.74, 6) is -0.119. The van der Waals surface area contributed by atoms with E-state index in [1.54, 1.807) is 24.3 Å². The van der Waals surface area contributed by atoms with Crippen molar-refractivity contribution in [2.45, 2.75) is 11.3 Å². The molecule has 0 radical (unpaired) electrons. The number of thioether (sulfide) groups is 1. The van der Waals surface area contributed by atoms with E-state index in [4.69, 9.17) is 14.3 Å². The van der Waals surface area contributed by atoms with Crippen molar-refractivity contribution in [3.05, 3.63) is 76.6 Å². The van der Waals surface area contributed by atoms with E-state index >= 15 is 0 Å². The predicted octanol–water partition coefficient (Wildman–Crippen LogP) is 3.81. The van der Waals surface area contributed by atoms with Gasteiger partial charge in [-0.15, -0.1) is 11.8 Å². The molecule has 3 aromatic rings. The summed E-state index contributed by atoms with van der Waals surface area (Å²) in [4.78, 5) is 23.1. The molecule has 0 saturated carbocycles. The lowest BCUT2D eigenvalue weighted by Gasteiger charge is -2.08. The number of hydrogen-bond donors (Lipinski definition) is 2. The molecule has 0 bridgehead atoms. The Morgan fingerprint density at radius 2 is 1.86 bits per heavy atom. The van der Waals surface area contributed by atoms with E-state index in [1.807, 2.05) is 30.3 Å². The highest BCUT2D eigenvalue weighted by Crippen LogP contribution is 2.31. The highest BCUT2D eigenvalue weighted by Gasteiger charge is 2.14. The third-order valence-corrected chi connectivity index (χ3v) is 4.92. The highest BCUT2D eigenvalue weighted by atomic mass is 32.2. The topological polar surface area (TPSA) is 97.0 Å². The van der Waals surface area contributed by atoms with Crippen LogP contribution in [0.3, 0.4) is 0 Å². The molecule has 1 aromatic heterocycles. The average Bonchev–Trinajstić information content (AvgIpc) is 2.69. The molecule has 0 amide bonds. The molecule has 28 heavy (non-hydrogen) atoms. The zero-order chi connectivity index (χ0) is 19.9. The predicted molar refractivity (Wildman–Crippen MR) is 106 cm³/mol. The van der Waals surface area contributed by atoms with E-state index in [2.05, 4.69) is 0 Å². The molecular formula is C21H18O6S. The summed E-state index contributed by atoms with van der Waals surface area (Å²) in [6.45, 7) is -0.477. The normalized spacial score (nSPS) is 10.6. The number of aryl methyl sites for hydroxylation is 1. The molecule has 0 aliphatic heterocycles. The maximum absolute atomic E-state index is 12.3. The number of carboxylic acids is 1. The van der Waals surface area contributed by atoms with Gasteiger partial charge in [0.25, 0.3) is 0 Å². The SMILES string of the molecule is O=C(O)COc1cccc(-c2cc(O)c(SCCc3ccccc3)c(=O)o2)c1. The third kappa shape index (κ3) is 5.17. The van der Waals surface area contributed by atoms with Crippen LogP contribution in [0.4, 0.5) is 0 Å². The molecule has 7 heteroatoms. The summed E-state index contributed by atoms with van der Waals surface area (Å²) < 4.78 is 10.5. The Hall–Kier alpha value is -3.19. The smallest absolute Gasteiger partial charge is 0.353 e. The molecule has 3 rings (SSSR count). The molecule has 0 aliphatic carbocycles. The Bertz CT molecular complexity index is 1010. The minimum atomic E-state index is -1.09. The minimum Gasteiger partial charge on any atom is -0.506 e. The molecule has 1 heterocycles. The second kappa shape index (κ2) is 9.14. The molecule has 2 N–H and O–H groups in total. The highest BCUT2D eigenvalue weighted by molar-refractivity contribution is 7.99. The van der Waals surface area contributed by atoms with Crippen molar-refractivity contribution in [1.82, 2.24) is 0 Å². The lowest BCUT2D eigenvalue weighted by Crippen LogP contribution is -2.09. The molecule has 6 nitrogen and oxygen atoms in total. The quantitative estimate of drug-likeness (QED) is 0.557. The van der Waals surface area contributed by atoms with Crippen molar-refractivity contribution in [2.24, 2.45) is 0 Å². The number of aliphatic carboxylic acids is 1. The summed E-state index contributed by atoms with van der Waals surface area (Å²) in [5, 5.41) is 19.0. The molecule has 0 saturated heterocycles. The van der Waals surface area contributed by atoms with Gasteiger partial charge < -0.3 is 19.4 Å². The van der Waals surface area contributed by atoms with Gasteiger partial charge in [-0.05, 0) is 24.1 Å². The van der Waals surface area contributed by atoms with Crippen LogP contribution in [0.2, 0.25) is 0 Å². The number of benzene rings is 2. The van der Waals surface area contributed by atoms with E-state index in [9.17, 15) is 14.7 Å². The van der Waals surface area contributed by atoms with Crippen LogP contribution in [0.1, 0.15) is 5.56 Å². The zero-order valence-corrected chi connectivity index (χ0v) is 15.6. The number of carboxylic acid groups (broad SMARTS) is 1. The van der Waals surface area contributed by atoms with Gasteiger partial charge in [-0.1, -0.05) is 42.5 Å². The summed E-state index contributed by atoms with van der Waals surface area (Å²) >= 11 is 1.24. The first-order valence-electron chi connectivity index (χ1n) is 8.52. The maximum Gasteiger partial charge on any atom is 0.353 e. The first-order valence-corrected chi connectivity index (χ1v) is 9.50. The fourth-order valence-corrected chi connectivity index (χ4v) is 3.45. The van der Waals surface area contributed by atoms with Crippen molar-refractivity contribution in [3.63, 3.8) is 0 Å². The summed E-state index contributed by atoms with van der Waals surface area (Å²) in [6, 6.07) is 17.7. The van der Waals surface area contributed by atoms with Crippen LogP contribution < -0.4 is 10.4 Å². The molecule has 0 aliphatic rings. The Morgan fingerprint density at radius 3 is 2.57 bits per heavy atom. The third-order valence-electron chi connectivity index (χ3n) is 3.85. The molecule has 144 valence electrons. The lowest BCUT2D eigenvalue weighted by atomic mass is 10.1. The largest absolute Gasteiger partial charge is 0.506 e. The van der Waals surface area contributed by atoms with Crippen molar-refractivity contribution in [2.75, 3.05) is 12.4 Å². The molecule has 0 unspecified atom stereocenters. The first kappa shape index (κ1) is 19.6. The van der Waals surface area contributed by atoms with Gasteiger partial charge in [0.15, 0.2) is 6.61 Å². The number of hydrogen-bond acceptors (Lipinski definition) is 6. The molecule has 0 atom stereocenters. The van der Waals surface area contributed by atoms with Crippen molar-refractivity contribution in [3.8, 4) is 22.8 Å². The van der Waals surface area contributed by atoms with Crippen LogP contribution in [-0.2, 0) is 11.2 Å². The van der Waals surface area contributed by atoms with E-state index < -0.39 is 18.2 Å². The Morgan fingerprint density at radius 1 is 1.07 bits per heavy atom. The summed E-state index contributed by atoms with van der Waals surface area (Å²) in [7, 11) is 0. The van der Waals surface area contributed by atoms with Gasteiger partial charge in [-0.2, -0.15) is 0 Å². The van der Waals surface area contributed by atoms with Crippen LogP contribution in [-0.4, -0.2) is 28.5 Å². The van der Waals surface area contributed by atoms with Gasteiger partial charge in [-0.25, -0.2) is 9.59 Å². The van der Waals surface area contributed by atoms with E-state index in [0.717, 1.165) is 12.0 Å². The van der Waals surface area contributed by atoms with Gasteiger partial charge >= 0.3 is 11.6 Å². The maximum atomic E-state index is 12.3. The minimum absolute atomic E-state index is 0.152. The summed E-state index contributed by atoms with van der Waals surface area (Å²) in [5.41, 5.74) is 1.02. The number of ether oxygens (including phenoxy) is 1. The standard InChI is InChI=1S/C21H18O6S/c22-17-12-18(15-7-4-8-16(11-15)26-13-19(23)24)27-21(25)20(17)28-10-9-14-5-2-1-3-6-14/h1-8,11-12,22H,9-10,13H2,(H,23,24). The first-order chi connectivity index (χ1) is 13.5. The van der Waals surface area contributed by atoms with Gasteiger partial charge in [0.2, 0.25) is 0 Å². The van der Waals surface area contributed by atoms with Gasteiger partial charge in [0.1, 0.15) is 22.2 Å². The van der Waals surface area contributed by atoms with Crippen molar-refractivity contribution in [1.29, 1.82) is 0 Å². The van der Waals surface area contributed by atoms with E-state index in [0.29, 0.717) is 17.1 Å². The molecular weight excluding hydrogens is 380 g/mol. The second-order valence-corrected chi connectivity index (χ2v) is 7.01. The van der Waals surface area contributed by atoms with Gasteiger partial charge in [0.05, 0.1) is 0 Å². The number of carbonyl (C=O) groups is 1. The van der Waals surface area contributed by atoms with Crippen molar-refractivity contribution >= 4 is 17.7 Å². The van der Waals surface area contributed by atoms with E-state index in [1.165, 1.54) is 17.8 Å². The van der Waals surface area contributed by atoms with Gasteiger partial charge in [-0.3, -0.25) is 0 Å². The fourth-order valence-electron chi connectivity index (χ4n) is 2.54. The van der Waals surface area contributed by atoms with Crippen LogP contribution in [0, 0.1) is 0 Å².